The van der Waals surface area contributed by atoms with Crippen LogP contribution < -0.4 is 0 Å². The van der Waals surface area contributed by atoms with Crippen molar-refractivity contribution in [2.24, 2.45) is 5.11 Å². The molecule has 0 aromatic carbocycles. The van der Waals surface area contributed by atoms with Gasteiger partial charge in [0.15, 0.2) is 5.82 Å². The third-order valence-electron chi connectivity index (χ3n) is 0.664. The van der Waals surface area contributed by atoms with E-state index in [1.807, 2.05) is 0 Å². The number of nitrogens with zero attached hydrogens (tertiary/aromatic N) is 3. The number of hydrogen-bond donors (Lipinski definition) is 1. The van der Waals surface area contributed by atoms with Gasteiger partial charge >= 0.3 is 0 Å². The lowest BCUT2D eigenvalue weighted by molar-refractivity contribution is 1.06. The third-order valence-corrected chi connectivity index (χ3v) is 0.664. The van der Waals surface area contributed by atoms with Crippen molar-refractivity contribution in [2.75, 3.05) is 0 Å². The van der Waals surface area contributed by atoms with Crippen LogP contribution in [-0.2, 0) is 0 Å². The summed E-state index contributed by atoms with van der Waals surface area (Å²) in [5, 5.41) is 3.05. The second kappa shape index (κ2) is 6.80. The van der Waals surface area contributed by atoms with E-state index in [1.54, 1.807) is 0 Å². The third kappa shape index (κ3) is 5.14. The van der Waals surface area contributed by atoms with Crippen LogP contribution in [0.5, 0.6) is 0 Å². The Morgan fingerprint density at radius 1 is 1.45 bits per heavy atom. The topological polar surface area (TPSA) is 62.0 Å². The maximum Gasteiger partial charge on any atom is 0.192 e. The first-order valence-electron chi connectivity index (χ1n) is 3.48. The maximum atomic E-state index is 6.47. The Morgan fingerprint density at radius 3 is 2.36 bits per heavy atom. The molecule has 1 heterocycles. The van der Waals surface area contributed by atoms with Gasteiger partial charge in [-0.1, -0.05) is 20.3 Å². The summed E-state index contributed by atoms with van der Waals surface area (Å²) in [5.74, 6) is 0.340. The van der Waals surface area contributed by atoms with Crippen molar-refractivity contribution in [3.8, 4) is 0 Å². The summed E-state index contributed by atoms with van der Waals surface area (Å²) in [7, 11) is 0. The van der Waals surface area contributed by atoms with Crippen molar-refractivity contribution in [3.63, 3.8) is 0 Å². The molecule has 0 radical (unpaired) electrons. The minimum Gasteiger partial charge on any atom is -0.259 e. The van der Waals surface area contributed by atoms with E-state index in [9.17, 15) is 0 Å². The van der Waals surface area contributed by atoms with E-state index < -0.39 is 0 Å². The number of nitrogens with one attached hydrogen (secondary N) is 1. The quantitative estimate of drug-likeness (QED) is 0.628. The molecular weight excluding hydrogens is 140 g/mol. The van der Waals surface area contributed by atoms with E-state index in [0.29, 0.717) is 5.82 Å². The lowest BCUT2D eigenvalue weighted by Crippen LogP contribution is -1.71. The molecule has 11 heavy (non-hydrogen) atoms. The van der Waals surface area contributed by atoms with Crippen molar-refractivity contribution >= 4 is 5.82 Å². The van der Waals surface area contributed by atoms with Gasteiger partial charge in [0, 0.05) is 12.4 Å². The lowest BCUT2D eigenvalue weighted by atomic mass is 10.6. The zero-order valence-corrected chi connectivity index (χ0v) is 6.78. The zero-order chi connectivity index (χ0) is 8.53. The molecule has 0 saturated carbocycles. The predicted molar refractivity (Wildman–Crippen MR) is 42.8 cm³/mol. The van der Waals surface area contributed by atoms with Gasteiger partial charge < -0.3 is 0 Å². The molecule has 0 spiro atoms. The Labute approximate surface area is 66.2 Å². The van der Waals surface area contributed by atoms with E-state index in [4.69, 9.17) is 5.53 Å². The fraction of sp³-hybridized carbons (Fsp3) is 0.429. The normalized spacial score (nSPS) is 7.82. The van der Waals surface area contributed by atoms with E-state index >= 15 is 0 Å². The van der Waals surface area contributed by atoms with Gasteiger partial charge in [-0.3, -0.25) is 4.98 Å². The van der Waals surface area contributed by atoms with Crippen LogP contribution in [0.4, 0.5) is 5.82 Å². The van der Waals surface area contributed by atoms with E-state index in [1.165, 1.54) is 25.0 Å². The molecule has 0 aliphatic carbocycles. The van der Waals surface area contributed by atoms with Crippen molar-refractivity contribution in [1.82, 2.24) is 9.97 Å². The highest BCUT2D eigenvalue weighted by atomic mass is 15.0. The molecule has 1 aromatic heterocycles. The van der Waals surface area contributed by atoms with Crippen LogP contribution in [0.2, 0.25) is 0 Å². The van der Waals surface area contributed by atoms with Crippen LogP contribution in [0.25, 0.3) is 0 Å². The van der Waals surface area contributed by atoms with Crippen LogP contribution >= 0.6 is 0 Å². The Hall–Kier alpha value is -1.32. The van der Waals surface area contributed by atoms with E-state index in [0.717, 1.165) is 0 Å². The first kappa shape index (κ1) is 9.68. The molecule has 0 bridgehead atoms. The van der Waals surface area contributed by atoms with Gasteiger partial charge in [0.1, 0.15) is 0 Å². The summed E-state index contributed by atoms with van der Waals surface area (Å²) in [6, 6.07) is 0. The van der Waals surface area contributed by atoms with Gasteiger partial charge in [0.05, 0.1) is 6.20 Å². The summed E-state index contributed by atoms with van der Waals surface area (Å²) in [4.78, 5) is 7.36. The Balaban J connectivity index is 0.000000292. The van der Waals surface area contributed by atoms with Gasteiger partial charge in [-0.05, 0) is 0 Å². The smallest absolute Gasteiger partial charge is 0.192 e. The predicted octanol–water partition coefficient (Wildman–Crippen LogP) is 2.56. The van der Waals surface area contributed by atoms with Crippen molar-refractivity contribution in [1.29, 1.82) is 5.53 Å². The van der Waals surface area contributed by atoms with Crippen molar-refractivity contribution in [2.45, 2.75) is 20.3 Å². The molecule has 0 amide bonds. The highest BCUT2D eigenvalue weighted by Gasteiger charge is 1.81. The molecule has 4 nitrogen and oxygen atoms in total. The fourth-order valence-electron chi connectivity index (χ4n) is 0.349. The van der Waals surface area contributed by atoms with Crippen LogP contribution in [0.1, 0.15) is 20.3 Å². The van der Waals surface area contributed by atoms with Crippen molar-refractivity contribution < 1.29 is 0 Å². The molecule has 1 rings (SSSR count). The second-order valence-electron chi connectivity index (χ2n) is 1.88. The average Bonchev–Trinajstić information content (AvgIpc) is 2.08. The first-order chi connectivity index (χ1) is 5.35. The highest BCUT2D eigenvalue weighted by Crippen LogP contribution is 1.99. The lowest BCUT2D eigenvalue weighted by Gasteiger charge is -1.81. The molecule has 1 N–H and O–H groups in total. The minimum absolute atomic E-state index is 0.340. The van der Waals surface area contributed by atoms with Crippen LogP contribution in [0.3, 0.4) is 0 Å². The second-order valence-corrected chi connectivity index (χ2v) is 1.88. The molecule has 60 valence electrons. The summed E-state index contributed by atoms with van der Waals surface area (Å²) >= 11 is 0. The van der Waals surface area contributed by atoms with Crippen LogP contribution in [-0.4, -0.2) is 9.97 Å². The van der Waals surface area contributed by atoms with Crippen LogP contribution in [0.15, 0.2) is 23.7 Å². The standard InChI is InChI=1S/C4H4N4.C3H8/c5-8-4-3-6-1-2-7-4;1-3-2/h1-3,5H;3H2,1-2H3. The zero-order valence-electron chi connectivity index (χ0n) is 6.78. The molecule has 0 unspecified atom stereocenters. The molecule has 1 aromatic rings. The van der Waals surface area contributed by atoms with E-state index in [-0.39, 0.29) is 0 Å². The molecule has 0 aliphatic heterocycles. The van der Waals surface area contributed by atoms with Gasteiger partial charge in [0.25, 0.3) is 0 Å². The molecule has 4 heteroatoms. The summed E-state index contributed by atoms with van der Waals surface area (Å²) in [6.07, 6.45) is 5.70. The highest BCUT2D eigenvalue weighted by molar-refractivity contribution is 5.17. The summed E-state index contributed by atoms with van der Waals surface area (Å²) in [5.41, 5.74) is 6.47. The molecular formula is C7H12N4. The molecule has 0 atom stereocenters. The molecule has 0 fully saturated rings. The summed E-state index contributed by atoms with van der Waals surface area (Å²) < 4.78 is 0. The van der Waals surface area contributed by atoms with Gasteiger partial charge in [0.2, 0.25) is 0 Å². The minimum atomic E-state index is 0.340. The Morgan fingerprint density at radius 2 is 2.09 bits per heavy atom. The molecule has 0 saturated heterocycles. The van der Waals surface area contributed by atoms with Gasteiger partial charge in [-0.15, -0.1) is 5.11 Å². The Kier molecular flexibility index (Phi) is 5.98. The van der Waals surface area contributed by atoms with Crippen molar-refractivity contribution in [3.05, 3.63) is 18.6 Å². The SMILES string of the molecule is CCC.N=Nc1cnccn1. The van der Waals surface area contributed by atoms with Gasteiger partial charge in [-0.25, -0.2) is 10.5 Å². The Bertz CT molecular complexity index is 185. The maximum absolute atomic E-state index is 6.47. The van der Waals surface area contributed by atoms with Crippen LogP contribution in [0, 0.1) is 5.53 Å². The van der Waals surface area contributed by atoms with E-state index in [2.05, 4.69) is 28.9 Å². The fourth-order valence-corrected chi connectivity index (χ4v) is 0.349. The number of hydrogen-bond acceptors (Lipinski definition) is 4. The van der Waals surface area contributed by atoms with Gasteiger partial charge in [-0.2, -0.15) is 0 Å². The number of rotatable bonds is 1. The number of aromatic nitrogens is 2. The monoisotopic (exact) mass is 152 g/mol. The largest absolute Gasteiger partial charge is 0.259 e. The summed E-state index contributed by atoms with van der Waals surface area (Å²) in [6.45, 7) is 4.25. The molecule has 0 aliphatic rings. The average molecular weight is 152 g/mol. The first-order valence-corrected chi connectivity index (χ1v) is 3.48.